The average Bonchev–Trinajstić information content (AvgIpc) is 2.30. The molecule has 0 spiro atoms. The first-order chi connectivity index (χ1) is 8.04. The highest BCUT2D eigenvalue weighted by atomic mass is 32.2. The van der Waals surface area contributed by atoms with Gasteiger partial charge in [-0.15, -0.1) is 0 Å². The van der Waals surface area contributed by atoms with Crippen LogP contribution >= 0.6 is 11.8 Å². The van der Waals surface area contributed by atoms with E-state index in [1.165, 1.54) is 19.2 Å². The Morgan fingerprint density at radius 3 is 2.82 bits per heavy atom. The summed E-state index contributed by atoms with van der Waals surface area (Å²) in [6, 6.07) is 4.78. The predicted octanol–water partition coefficient (Wildman–Crippen LogP) is 3.18. The molecule has 0 N–H and O–H groups in total. The second kappa shape index (κ2) is 6.64. The van der Waals surface area contributed by atoms with Gasteiger partial charge in [0.25, 0.3) is 0 Å². The predicted molar refractivity (Wildman–Crippen MR) is 68.5 cm³/mol. The van der Waals surface area contributed by atoms with Crippen molar-refractivity contribution in [3.05, 3.63) is 35.1 Å². The molecule has 0 aliphatic rings. The lowest BCUT2D eigenvalue weighted by Crippen LogP contribution is -2.14. The maximum Gasteiger partial charge on any atom is 0.309 e. The second-order valence-electron chi connectivity index (χ2n) is 4.01. The van der Waals surface area contributed by atoms with Crippen LogP contribution in [0, 0.1) is 18.7 Å². The fourth-order valence-electron chi connectivity index (χ4n) is 1.44. The minimum atomic E-state index is -0.209. The van der Waals surface area contributed by atoms with E-state index in [-0.39, 0.29) is 17.7 Å². The van der Waals surface area contributed by atoms with Crippen LogP contribution in [-0.4, -0.2) is 18.8 Å². The number of hydrogen-bond donors (Lipinski definition) is 0. The fourth-order valence-corrected chi connectivity index (χ4v) is 2.59. The molecule has 1 aromatic carbocycles. The van der Waals surface area contributed by atoms with Gasteiger partial charge in [-0.1, -0.05) is 13.0 Å². The number of carbonyl (C=O) groups is 1. The Balaban J connectivity index is 2.43. The van der Waals surface area contributed by atoms with Gasteiger partial charge >= 0.3 is 5.97 Å². The molecule has 1 atom stereocenters. The van der Waals surface area contributed by atoms with Crippen molar-refractivity contribution in [3.63, 3.8) is 0 Å². The smallest absolute Gasteiger partial charge is 0.309 e. The van der Waals surface area contributed by atoms with Gasteiger partial charge in [0.05, 0.1) is 13.0 Å². The number of benzene rings is 1. The lowest BCUT2D eigenvalue weighted by atomic mass is 10.1. The molecule has 0 saturated carbocycles. The number of thioether (sulfide) groups is 1. The summed E-state index contributed by atoms with van der Waals surface area (Å²) in [5, 5.41) is 0. The van der Waals surface area contributed by atoms with Gasteiger partial charge in [0, 0.05) is 11.5 Å². The monoisotopic (exact) mass is 256 g/mol. The van der Waals surface area contributed by atoms with Gasteiger partial charge in [-0.05, 0) is 30.2 Å². The maximum absolute atomic E-state index is 12.9. The van der Waals surface area contributed by atoms with E-state index in [0.717, 1.165) is 16.9 Å². The third kappa shape index (κ3) is 4.38. The highest BCUT2D eigenvalue weighted by Gasteiger charge is 2.12. The minimum Gasteiger partial charge on any atom is -0.469 e. The molecule has 1 aromatic rings. The molecule has 0 fully saturated rings. The van der Waals surface area contributed by atoms with Gasteiger partial charge in [0.15, 0.2) is 0 Å². The van der Waals surface area contributed by atoms with Crippen molar-refractivity contribution in [1.82, 2.24) is 0 Å². The SMILES string of the molecule is COC(=O)C(C)CSCc1ccc(F)cc1C. The fraction of sp³-hybridized carbons (Fsp3) is 0.462. The summed E-state index contributed by atoms with van der Waals surface area (Å²) < 4.78 is 17.5. The molecule has 0 amide bonds. The number of aryl methyl sites for hydroxylation is 1. The summed E-state index contributed by atoms with van der Waals surface area (Å²) in [5.74, 6) is 0.995. The first-order valence-electron chi connectivity index (χ1n) is 5.45. The van der Waals surface area contributed by atoms with Crippen LogP contribution in [0.25, 0.3) is 0 Å². The number of rotatable bonds is 5. The molecule has 0 heterocycles. The molecular weight excluding hydrogens is 239 g/mol. The van der Waals surface area contributed by atoms with Gasteiger partial charge in [-0.3, -0.25) is 4.79 Å². The Hall–Kier alpha value is -1.03. The summed E-state index contributed by atoms with van der Waals surface area (Å²) in [5.41, 5.74) is 2.05. The van der Waals surface area contributed by atoms with Crippen LogP contribution < -0.4 is 0 Å². The van der Waals surface area contributed by atoms with Gasteiger partial charge in [0.1, 0.15) is 5.82 Å². The van der Waals surface area contributed by atoms with E-state index in [1.54, 1.807) is 17.8 Å². The van der Waals surface area contributed by atoms with Crippen molar-refractivity contribution in [2.75, 3.05) is 12.9 Å². The maximum atomic E-state index is 12.9. The zero-order valence-corrected chi connectivity index (χ0v) is 11.1. The number of esters is 1. The first-order valence-corrected chi connectivity index (χ1v) is 6.60. The number of hydrogen-bond acceptors (Lipinski definition) is 3. The van der Waals surface area contributed by atoms with Crippen molar-refractivity contribution in [2.24, 2.45) is 5.92 Å². The van der Waals surface area contributed by atoms with Crippen molar-refractivity contribution in [3.8, 4) is 0 Å². The van der Waals surface area contributed by atoms with Crippen LogP contribution in [0.3, 0.4) is 0 Å². The Morgan fingerprint density at radius 1 is 1.53 bits per heavy atom. The molecule has 0 bridgehead atoms. The summed E-state index contributed by atoms with van der Waals surface area (Å²) >= 11 is 1.65. The molecular formula is C13H17FO2S. The molecule has 0 aliphatic heterocycles. The largest absolute Gasteiger partial charge is 0.469 e. The summed E-state index contributed by atoms with van der Waals surface area (Å²) in [6.07, 6.45) is 0. The summed E-state index contributed by atoms with van der Waals surface area (Å²) in [7, 11) is 1.40. The normalized spacial score (nSPS) is 12.2. The van der Waals surface area contributed by atoms with Crippen molar-refractivity contribution < 1.29 is 13.9 Å². The van der Waals surface area contributed by atoms with Gasteiger partial charge in [0.2, 0.25) is 0 Å². The van der Waals surface area contributed by atoms with Crippen molar-refractivity contribution in [1.29, 1.82) is 0 Å². The topological polar surface area (TPSA) is 26.3 Å². The Bertz CT molecular complexity index is 393. The van der Waals surface area contributed by atoms with E-state index < -0.39 is 0 Å². The summed E-state index contributed by atoms with van der Waals surface area (Å²) in [4.78, 5) is 11.2. The molecule has 2 nitrogen and oxygen atoms in total. The molecule has 1 unspecified atom stereocenters. The highest BCUT2D eigenvalue weighted by molar-refractivity contribution is 7.98. The van der Waals surface area contributed by atoms with E-state index in [0.29, 0.717) is 5.75 Å². The molecule has 17 heavy (non-hydrogen) atoms. The molecule has 4 heteroatoms. The lowest BCUT2D eigenvalue weighted by molar-refractivity contribution is -0.143. The van der Waals surface area contributed by atoms with Gasteiger partial charge < -0.3 is 4.74 Å². The number of carbonyl (C=O) groups excluding carboxylic acids is 1. The quantitative estimate of drug-likeness (QED) is 0.757. The van der Waals surface area contributed by atoms with Crippen LogP contribution in [0.4, 0.5) is 4.39 Å². The van der Waals surface area contributed by atoms with E-state index in [2.05, 4.69) is 4.74 Å². The van der Waals surface area contributed by atoms with E-state index in [9.17, 15) is 9.18 Å². The van der Waals surface area contributed by atoms with Crippen LogP contribution in [-0.2, 0) is 15.3 Å². The van der Waals surface area contributed by atoms with Crippen LogP contribution in [0.2, 0.25) is 0 Å². The van der Waals surface area contributed by atoms with Crippen LogP contribution in [0.15, 0.2) is 18.2 Å². The third-order valence-electron chi connectivity index (χ3n) is 2.53. The average molecular weight is 256 g/mol. The van der Waals surface area contributed by atoms with Crippen molar-refractivity contribution in [2.45, 2.75) is 19.6 Å². The zero-order chi connectivity index (χ0) is 12.8. The van der Waals surface area contributed by atoms with E-state index >= 15 is 0 Å². The van der Waals surface area contributed by atoms with E-state index in [1.807, 2.05) is 13.8 Å². The Morgan fingerprint density at radius 2 is 2.24 bits per heavy atom. The molecule has 0 saturated heterocycles. The molecule has 0 aliphatic carbocycles. The molecule has 0 radical (unpaired) electrons. The van der Waals surface area contributed by atoms with E-state index in [4.69, 9.17) is 0 Å². The molecule has 94 valence electrons. The zero-order valence-electron chi connectivity index (χ0n) is 10.3. The highest BCUT2D eigenvalue weighted by Crippen LogP contribution is 2.19. The van der Waals surface area contributed by atoms with Gasteiger partial charge in [-0.2, -0.15) is 11.8 Å². The van der Waals surface area contributed by atoms with Crippen LogP contribution in [0.5, 0.6) is 0 Å². The standard InChI is InChI=1S/C13H17FO2S/c1-9-6-12(14)5-4-11(9)8-17-7-10(2)13(15)16-3/h4-6,10H,7-8H2,1-3H3. The summed E-state index contributed by atoms with van der Waals surface area (Å²) in [6.45, 7) is 3.74. The van der Waals surface area contributed by atoms with Gasteiger partial charge in [-0.25, -0.2) is 4.39 Å². The van der Waals surface area contributed by atoms with Crippen molar-refractivity contribution >= 4 is 17.7 Å². The Labute approximate surface area is 106 Å². The molecule has 0 aromatic heterocycles. The minimum absolute atomic E-state index is 0.106. The first kappa shape index (κ1) is 14.0. The second-order valence-corrected chi connectivity index (χ2v) is 5.04. The number of ether oxygens (including phenoxy) is 1. The van der Waals surface area contributed by atoms with Crippen LogP contribution in [0.1, 0.15) is 18.1 Å². The lowest BCUT2D eigenvalue weighted by Gasteiger charge is -2.09. The number of halogens is 1. The molecule has 1 rings (SSSR count). The Kier molecular flexibility index (Phi) is 5.48. The third-order valence-corrected chi connectivity index (χ3v) is 3.78. The number of methoxy groups -OCH3 is 1.